The van der Waals surface area contributed by atoms with Crippen LogP contribution in [0.2, 0.25) is 0 Å². The molecule has 0 spiro atoms. The molecule has 23 heavy (non-hydrogen) atoms. The van der Waals surface area contributed by atoms with Gasteiger partial charge in [-0.1, -0.05) is 37.3 Å². The molecule has 1 fully saturated rings. The highest BCUT2D eigenvalue weighted by Crippen LogP contribution is 2.36. The van der Waals surface area contributed by atoms with Gasteiger partial charge in [0, 0.05) is 11.6 Å². The van der Waals surface area contributed by atoms with Gasteiger partial charge in [-0.05, 0) is 30.4 Å². The fourth-order valence-corrected chi connectivity index (χ4v) is 3.93. The number of allylic oxidation sites excluding steroid dienone is 2. The molecular formula is C19H21NO2S. The highest BCUT2D eigenvalue weighted by Gasteiger charge is 2.40. The second kappa shape index (κ2) is 7.06. The maximum Gasteiger partial charge on any atom is 0.196 e. The molecule has 1 saturated carbocycles. The molecular weight excluding hydrogens is 306 g/mol. The normalized spacial score (nSPS) is 22.6. The Bertz CT molecular complexity index is 633. The molecule has 0 aromatic carbocycles. The van der Waals surface area contributed by atoms with Gasteiger partial charge in [0.15, 0.2) is 5.78 Å². The summed E-state index contributed by atoms with van der Waals surface area (Å²) in [6.07, 6.45) is 19.0. The average molecular weight is 327 g/mol. The van der Waals surface area contributed by atoms with Crippen molar-refractivity contribution in [1.29, 1.82) is 0 Å². The molecule has 3 nitrogen and oxygen atoms in total. The van der Waals surface area contributed by atoms with E-state index in [0.29, 0.717) is 0 Å². The van der Waals surface area contributed by atoms with Crippen LogP contribution >= 0.6 is 11.3 Å². The number of nitrogens with zero attached hydrogens (tertiary/aromatic N) is 1. The van der Waals surface area contributed by atoms with E-state index < -0.39 is 0 Å². The molecule has 1 aliphatic carbocycles. The maximum atomic E-state index is 12.7. The Labute approximate surface area is 141 Å². The number of carbonyl (C=O) groups excluding carboxylic acids is 1. The van der Waals surface area contributed by atoms with E-state index in [1.54, 1.807) is 11.3 Å². The van der Waals surface area contributed by atoms with Gasteiger partial charge in [0.25, 0.3) is 0 Å². The molecule has 3 rings (SSSR count). The van der Waals surface area contributed by atoms with Gasteiger partial charge >= 0.3 is 0 Å². The SMILES string of the molecule is C#CC1(N2C=CC=CC2C(=O)COc2ccsc2)CCCCC1. The molecule has 1 aromatic heterocycles. The largest absolute Gasteiger partial charge is 0.485 e. The molecule has 4 heteroatoms. The number of hydrogen-bond acceptors (Lipinski definition) is 4. The van der Waals surface area contributed by atoms with Gasteiger partial charge in [-0.25, -0.2) is 0 Å². The summed E-state index contributed by atoms with van der Waals surface area (Å²) in [4.78, 5) is 14.8. The first-order chi connectivity index (χ1) is 11.2. The van der Waals surface area contributed by atoms with Crippen LogP contribution < -0.4 is 4.74 Å². The van der Waals surface area contributed by atoms with E-state index in [1.165, 1.54) is 6.42 Å². The lowest BCUT2D eigenvalue weighted by Gasteiger charge is -2.46. The number of ketones is 1. The van der Waals surface area contributed by atoms with Gasteiger partial charge in [-0.2, -0.15) is 0 Å². The Kier molecular flexibility index (Phi) is 4.88. The first kappa shape index (κ1) is 15.9. The molecule has 2 heterocycles. The van der Waals surface area contributed by atoms with Gasteiger partial charge in [-0.3, -0.25) is 4.79 Å². The standard InChI is InChI=1S/C19H21NO2S/c1-2-19(10-5-3-6-11-19)20-12-7-4-8-17(20)18(21)14-22-16-9-13-23-15-16/h1,4,7-9,12-13,15,17H,3,5-6,10-11,14H2. The third-order valence-corrected chi connectivity index (χ3v) is 5.26. The Morgan fingerprint density at radius 1 is 1.39 bits per heavy atom. The van der Waals surface area contributed by atoms with Crippen molar-refractivity contribution >= 4 is 17.1 Å². The number of thiophene rings is 1. The highest BCUT2D eigenvalue weighted by molar-refractivity contribution is 7.08. The summed E-state index contributed by atoms with van der Waals surface area (Å²) < 4.78 is 5.59. The fraction of sp³-hybridized carbons (Fsp3) is 0.421. The first-order valence-electron chi connectivity index (χ1n) is 8.04. The summed E-state index contributed by atoms with van der Waals surface area (Å²) in [5, 5.41) is 3.83. The van der Waals surface area contributed by atoms with Crippen LogP contribution in [-0.2, 0) is 4.79 Å². The molecule has 2 aliphatic rings. The summed E-state index contributed by atoms with van der Waals surface area (Å²) in [6.45, 7) is 0.0662. The minimum atomic E-state index is -0.345. The monoisotopic (exact) mass is 327 g/mol. The summed E-state index contributed by atoms with van der Waals surface area (Å²) in [5.41, 5.74) is -0.345. The van der Waals surface area contributed by atoms with Gasteiger partial charge in [0.2, 0.25) is 0 Å². The van der Waals surface area contributed by atoms with Crippen molar-refractivity contribution in [2.75, 3.05) is 6.61 Å². The third kappa shape index (κ3) is 3.35. The zero-order valence-corrected chi connectivity index (χ0v) is 13.9. The van der Waals surface area contributed by atoms with E-state index in [9.17, 15) is 4.79 Å². The van der Waals surface area contributed by atoms with E-state index in [4.69, 9.17) is 11.2 Å². The van der Waals surface area contributed by atoms with Crippen LogP contribution in [-0.4, -0.2) is 28.9 Å². The molecule has 1 aromatic rings. The maximum absolute atomic E-state index is 12.7. The minimum absolute atomic E-state index is 0.0389. The van der Waals surface area contributed by atoms with Crippen molar-refractivity contribution in [2.24, 2.45) is 0 Å². The second-order valence-electron chi connectivity index (χ2n) is 6.03. The summed E-state index contributed by atoms with van der Waals surface area (Å²) >= 11 is 1.55. The zero-order valence-electron chi connectivity index (χ0n) is 13.1. The van der Waals surface area contributed by atoms with Crippen molar-refractivity contribution in [2.45, 2.75) is 43.7 Å². The molecule has 1 atom stereocenters. The van der Waals surface area contributed by atoms with Crippen molar-refractivity contribution in [1.82, 2.24) is 4.90 Å². The number of terminal acetylenes is 1. The first-order valence-corrected chi connectivity index (χ1v) is 8.98. The Balaban J connectivity index is 1.73. The summed E-state index contributed by atoms with van der Waals surface area (Å²) in [7, 11) is 0. The number of Topliss-reactive ketones (excluding diaryl/α,β-unsaturated/α-hetero) is 1. The van der Waals surface area contributed by atoms with Crippen molar-refractivity contribution < 1.29 is 9.53 Å². The Morgan fingerprint density at radius 2 is 2.22 bits per heavy atom. The molecule has 120 valence electrons. The smallest absolute Gasteiger partial charge is 0.196 e. The van der Waals surface area contributed by atoms with E-state index in [0.717, 1.165) is 31.4 Å². The van der Waals surface area contributed by atoms with Crippen LogP contribution in [0.1, 0.15) is 32.1 Å². The lowest BCUT2D eigenvalue weighted by molar-refractivity contribution is -0.125. The second-order valence-corrected chi connectivity index (χ2v) is 6.81. The molecule has 0 bridgehead atoms. The predicted molar refractivity (Wildman–Crippen MR) is 93.4 cm³/mol. The van der Waals surface area contributed by atoms with Crippen LogP contribution in [0.15, 0.2) is 41.3 Å². The van der Waals surface area contributed by atoms with E-state index >= 15 is 0 Å². The van der Waals surface area contributed by atoms with Gasteiger partial charge < -0.3 is 9.64 Å². The van der Waals surface area contributed by atoms with Crippen molar-refractivity contribution in [3.63, 3.8) is 0 Å². The van der Waals surface area contributed by atoms with Gasteiger partial charge in [-0.15, -0.1) is 17.8 Å². The highest BCUT2D eigenvalue weighted by atomic mass is 32.1. The van der Waals surface area contributed by atoms with Gasteiger partial charge in [0.05, 0.1) is 0 Å². The van der Waals surface area contributed by atoms with Gasteiger partial charge in [0.1, 0.15) is 23.9 Å². The quantitative estimate of drug-likeness (QED) is 0.771. The predicted octanol–water partition coefficient (Wildman–Crippen LogP) is 3.79. The Hall–Kier alpha value is -1.99. The average Bonchev–Trinajstić information content (AvgIpc) is 3.14. The van der Waals surface area contributed by atoms with Crippen LogP contribution in [0.5, 0.6) is 5.75 Å². The van der Waals surface area contributed by atoms with Crippen LogP contribution in [0.25, 0.3) is 0 Å². The molecule has 0 radical (unpaired) electrons. The third-order valence-electron chi connectivity index (χ3n) is 4.60. The molecule has 0 saturated heterocycles. The van der Waals surface area contributed by atoms with E-state index in [-0.39, 0.29) is 24.0 Å². The lowest BCUT2D eigenvalue weighted by atomic mass is 9.79. The number of ether oxygens (including phenoxy) is 1. The number of rotatable bonds is 5. The summed E-state index contributed by atoms with van der Waals surface area (Å²) in [6, 6.07) is 1.53. The molecule has 0 N–H and O–H groups in total. The van der Waals surface area contributed by atoms with E-state index in [1.807, 2.05) is 41.3 Å². The van der Waals surface area contributed by atoms with Crippen molar-refractivity contribution in [3.8, 4) is 18.1 Å². The lowest BCUT2D eigenvalue weighted by Crippen LogP contribution is -2.54. The molecule has 1 unspecified atom stereocenters. The van der Waals surface area contributed by atoms with Crippen LogP contribution in [0.3, 0.4) is 0 Å². The van der Waals surface area contributed by atoms with Crippen LogP contribution in [0, 0.1) is 12.3 Å². The summed E-state index contributed by atoms with van der Waals surface area (Å²) in [5.74, 6) is 3.77. The molecule has 1 aliphatic heterocycles. The number of carbonyl (C=O) groups is 1. The van der Waals surface area contributed by atoms with Crippen molar-refractivity contribution in [3.05, 3.63) is 41.3 Å². The fourth-order valence-electron chi connectivity index (χ4n) is 3.36. The van der Waals surface area contributed by atoms with E-state index in [2.05, 4.69) is 10.8 Å². The van der Waals surface area contributed by atoms with Crippen LogP contribution in [0.4, 0.5) is 0 Å². The zero-order chi connectivity index (χ0) is 16.1. The minimum Gasteiger partial charge on any atom is -0.485 e. The molecule has 0 amide bonds. The Morgan fingerprint density at radius 3 is 2.91 bits per heavy atom. The topological polar surface area (TPSA) is 29.5 Å². The number of hydrogen-bond donors (Lipinski definition) is 0.